The molecule has 0 fully saturated rings. The lowest BCUT2D eigenvalue weighted by Crippen LogP contribution is -2.13. The average Bonchev–Trinajstić information content (AvgIpc) is 2.47. The average molecular weight is 299 g/mol. The van der Waals surface area contributed by atoms with Crippen LogP contribution in [-0.2, 0) is 5.41 Å². The molecule has 0 aliphatic rings. The topological polar surface area (TPSA) is 69.4 Å². The first-order valence-electron chi connectivity index (χ1n) is 6.85. The number of rotatable bonds is 3. The second-order valence-electron chi connectivity index (χ2n) is 5.95. The Bertz CT molecular complexity index is 702. The van der Waals surface area contributed by atoms with E-state index in [1.807, 2.05) is 20.8 Å². The van der Waals surface area contributed by atoms with Crippen LogP contribution in [0.2, 0.25) is 0 Å². The zero-order valence-electron chi connectivity index (χ0n) is 12.7. The molecule has 2 aromatic rings. The maximum atomic E-state index is 12.0. The quantitative estimate of drug-likeness (QED) is 0.370. The monoisotopic (exact) mass is 299 g/mol. The molecule has 0 aliphatic heterocycles. The summed E-state index contributed by atoms with van der Waals surface area (Å²) in [6, 6.07) is 13.0. The Kier molecular flexibility index (Phi) is 4.26. The lowest BCUT2D eigenvalue weighted by Gasteiger charge is -2.19. The van der Waals surface area contributed by atoms with Crippen molar-refractivity contribution in [2.24, 2.45) is 0 Å². The fraction of sp³-hybridized carbons (Fsp3) is 0.235. The van der Waals surface area contributed by atoms with Crippen LogP contribution in [0.1, 0.15) is 36.7 Å². The van der Waals surface area contributed by atoms with Crippen LogP contribution >= 0.6 is 0 Å². The van der Waals surface area contributed by atoms with Gasteiger partial charge < -0.3 is 4.74 Å². The molecule has 0 radical (unpaired) electrons. The Balaban J connectivity index is 2.35. The molecule has 0 N–H and O–H groups in total. The third-order valence-electron chi connectivity index (χ3n) is 3.23. The van der Waals surface area contributed by atoms with Crippen LogP contribution in [0.5, 0.6) is 5.75 Å². The van der Waals surface area contributed by atoms with Gasteiger partial charge in [0.05, 0.1) is 10.5 Å². The molecule has 5 heteroatoms. The van der Waals surface area contributed by atoms with E-state index in [9.17, 15) is 14.9 Å². The number of hydrogen-bond acceptors (Lipinski definition) is 4. The van der Waals surface area contributed by atoms with Crippen molar-refractivity contribution in [2.45, 2.75) is 26.2 Å². The molecule has 0 saturated heterocycles. The van der Waals surface area contributed by atoms with Gasteiger partial charge in [0.25, 0.3) is 0 Å². The Hall–Kier alpha value is -2.69. The standard InChI is InChI=1S/C17H17NO4/c1-17(2,3)13-9-10-15(14(11-13)18(20)21)22-16(19)12-7-5-4-6-8-12/h4-11H,1-3H3. The number of nitro groups is 1. The second-order valence-corrected chi connectivity index (χ2v) is 5.95. The Morgan fingerprint density at radius 2 is 1.73 bits per heavy atom. The summed E-state index contributed by atoms with van der Waals surface area (Å²) in [5.74, 6) is -0.668. The van der Waals surface area contributed by atoms with Crippen molar-refractivity contribution in [3.8, 4) is 5.75 Å². The van der Waals surface area contributed by atoms with Crippen LogP contribution in [0.3, 0.4) is 0 Å². The summed E-state index contributed by atoms with van der Waals surface area (Å²) in [7, 11) is 0. The van der Waals surface area contributed by atoms with Gasteiger partial charge in [0.15, 0.2) is 0 Å². The van der Waals surface area contributed by atoms with Crippen LogP contribution in [0, 0.1) is 10.1 Å². The van der Waals surface area contributed by atoms with Gasteiger partial charge in [-0.2, -0.15) is 0 Å². The van der Waals surface area contributed by atoms with E-state index in [4.69, 9.17) is 4.74 Å². The first-order chi connectivity index (χ1) is 10.3. The van der Waals surface area contributed by atoms with E-state index in [2.05, 4.69) is 0 Å². The van der Waals surface area contributed by atoms with Crippen LogP contribution < -0.4 is 4.74 Å². The minimum atomic E-state index is -0.618. The lowest BCUT2D eigenvalue weighted by molar-refractivity contribution is -0.385. The highest BCUT2D eigenvalue weighted by Gasteiger charge is 2.23. The number of carbonyl (C=O) groups is 1. The maximum Gasteiger partial charge on any atom is 0.343 e. The van der Waals surface area contributed by atoms with Crippen molar-refractivity contribution in [1.82, 2.24) is 0 Å². The minimum Gasteiger partial charge on any atom is -0.416 e. The molecule has 0 bridgehead atoms. The smallest absolute Gasteiger partial charge is 0.343 e. The predicted molar refractivity (Wildman–Crippen MR) is 83.2 cm³/mol. The van der Waals surface area contributed by atoms with Gasteiger partial charge in [-0.05, 0) is 29.2 Å². The van der Waals surface area contributed by atoms with E-state index < -0.39 is 10.9 Å². The Morgan fingerprint density at radius 1 is 1.09 bits per heavy atom. The van der Waals surface area contributed by atoms with Gasteiger partial charge >= 0.3 is 11.7 Å². The molecule has 2 rings (SSSR count). The van der Waals surface area contributed by atoms with Crippen molar-refractivity contribution in [2.75, 3.05) is 0 Å². The highest BCUT2D eigenvalue weighted by atomic mass is 16.6. The molecule has 2 aromatic carbocycles. The van der Waals surface area contributed by atoms with Gasteiger partial charge in [0.1, 0.15) is 0 Å². The number of nitro benzene ring substituents is 1. The van der Waals surface area contributed by atoms with Crippen molar-refractivity contribution < 1.29 is 14.5 Å². The van der Waals surface area contributed by atoms with Crippen LogP contribution in [0.25, 0.3) is 0 Å². The van der Waals surface area contributed by atoms with E-state index in [1.165, 1.54) is 12.1 Å². The van der Waals surface area contributed by atoms with Crippen molar-refractivity contribution >= 4 is 11.7 Å². The molecular formula is C17H17NO4. The number of nitrogens with zero attached hydrogens (tertiary/aromatic N) is 1. The van der Waals surface area contributed by atoms with Crippen LogP contribution in [-0.4, -0.2) is 10.9 Å². The number of esters is 1. The predicted octanol–water partition coefficient (Wildman–Crippen LogP) is 4.11. The fourth-order valence-corrected chi connectivity index (χ4v) is 1.95. The van der Waals surface area contributed by atoms with Crippen molar-refractivity contribution in [1.29, 1.82) is 0 Å². The van der Waals surface area contributed by atoms with E-state index >= 15 is 0 Å². The summed E-state index contributed by atoms with van der Waals surface area (Å²) in [6.07, 6.45) is 0. The Morgan fingerprint density at radius 3 is 2.27 bits per heavy atom. The lowest BCUT2D eigenvalue weighted by atomic mass is 9.87. The fourth-order valence-electron chi connectivity index (χ4n) is 1.95. The summed E-state index contributed by atoms with van der Waals surface area (Å²) < 4.78 is 5.18. The third-order valence-corrected chi connectivity index (χ3v) is 3.23. The number of carbonyl (C=O) groups excluding carboxylic acids is 1. The highest BCUT2D eigenvalue weighted by molar-refractivity contribution is 5.91. The van der Waals surface area contributed by atoms with Crippen LogP contribution in [0.4, 0.5) is 5.69 Å². The molecule has 22 heavy (non-hydrogen) atoms. The van der Waals surface area contributed by atoms with E-state index in [0.29, 0.717) is 5.56 Å². The summed E-state index contributed by atoms with van der Waals surface area (Å²) in [5.41, 5.74) is 0.708. The van der Waals surface area contributed by atoms with Crippen LogP contribution in [0.15, 0.2) is 48.5 Å². The van der Waals surface area contributed by atoms with Gasteiger partial charge in [-0.1, -0.05) is 45.0 Å². The molecule has 0 heterocycles. The molecule has 0 atom stereocenters. The van der Waals surface area contributed by atoms with E-state index in [0.717, 1.165) is 5.56 Å². The molecule has 5 nitrogen and oxygen atoms in total. The first kappa shape index (κ1) is 15.7. The SMILES string of the molecule is CC(C)(C)c1ccc(OC(=O)c2ccccc2)c([N+](=O)[O-])c1. The summed E-state index contributed by atoms with van der Waals surface area (Å²) in [6.45, 7) is 5.88. The van der Waals surface area contributed by atoms with E-state index in [1.54, 1.807) is 36.4 Å². The zero-order valence-corrected chi connectivity index (χ0v) is 12.7. The van der Waals surface area contributed by atoms with Crippen molar-refractivity contribution in [3.05, 3.63) is 69.8 Å². The first-order valence-corrected chi connectivity index (χ1v) is 6.85. The Labute approximate surface area is 128 Å². The molecule has 0 unspecified atom stereocenters. The molecule has 0 aliphatic carbocycles. The van der Waals surface area contributed by atoms with Gasteiger partial charge in [-0.3, -0.25) is 10.1 Å². The molecule has 0 amide bonds. The van der Waals surface area contributed by atoms with Gasteiger partial charge in [0.2, 0.25) is 5.75 Å². The summed E-state index contributed by atoms with van der Waals surface area (Å²) in [4.78, 5) is 22.7. The molecule has 0 spiro atoms. The van der Waals surface area contributed by atoms with Crippen molar-refractivity contribution in [3.63, 3.8) is 0 Å². The molecule has 0 saturated carbocycles. The second kappa shape index (κ2) is 5.97. The largest absolute Gasteiger partial charge is 0.416 e. The summed E-state index contributed by atoms with van der Waals surface area (Å²) in [5, 5.41) is 11.2. The number of ether oxygens (including phenoxy) is 1. The third kappa shape index (κ3) is 3.49. The molecule has 114 valence electrons. The number of benzene rings is 2. The normalized spacial score (nSPS) is 11.0. The number of hydrogen-bond donors (Lipinski definition) is 0. The van der Waals surface area contributed by atoms with Gasteiger partial charge in [-0.15, -0.1) is 0 Å². The summed E-state index contributed by atoms with van der Waals surface area (Å²) >= 11 is 0. The minimum absolute atomic E-state index is 0.0492. The molecule has 0 aromatic heterocycles. The van der Waals surface area contributed by atoms with E-state index in [-0.39, 0.29) is 16.9 Å². The van der Waals surface area contributed by atoms with Gasteiger partial charge in [0, 0.05) is 6.07 Å². The maximum absolute atomic E-state index is 12.0. The zero-order chi connectivity index (χ0) is 16.3. The molecular weight excluding hydrogens is 282 g/mol. The highest BCUT2D eigenvalue weighted by Crippen LogP contribution is 2.33. The van der Waals surface area contributed by atoms with Gasteiger partial charge in [-0.25, -0.2) is 4.79 Å².